The molecule has 5 heteroatoms. The number of rotatable bonds is 3. The van der Waals surface area contributed by atoms with E-state index in [0.29, 0.717) is 5.69 Å². The van der Waals surface area contributed by atoms with Gasteiger partial charge in [0, 0.05) is 0 Å². The first-order valence-corrected chi connectivity index (χ1v) is 6.68. The van der Waals surface area contributed by atoms with Crippen LogP contribution in [0.3, 0.4) is 0 Å². The van der Waals surface area contributed by atoms with E-state index in [9.17, 15) is 9.59 Å². The van der Waals surface area contributed by atoms with Gasteiger partial charge < -0.3 is 0 Å². The summed E-state index contributed by atoms with van der Waals surface area (Å²) in [4.78, 5) is 24.4. The maximum Gasteiger partial charge on any atom is 0.352 e. The Kier molecular flexibility index (Phi) is 3.31. The summed E-state index contributed by atoms with van der Waals surface area (Å²) in [6.45, 7) is 2.20. The maximum atomic E-state index is 12.4. The van der Waals surface area contributed by atoms with Crippen LogP contribution in [0.25, 0.3) is 5.69 Å². The third-order valence-corrected chi connectivity index (χ3v) is 3.32. The van der Waals surface area contributed by atoms with E-state index in [2.05, 4.69) is 5.10 Å². The fraction of sp³-hybridized carbons (Fsp3) is 0.125. The smallest absolute Gasteiger partial charge is 0.246 e. The third-order valence-electron chi connectivity index (χ3n) is 3.32. The van der Waals surface area contributed by atoms with Gasteiger partial charge in [-0.2, -0.15) is 0 Å². The molecule has 1 heterocycles. The van der Waals surface area contributed by atoms with Crippen molar-refractivity contribution in [2.24, 2.45) is 0 Å². The number of hydrogen-bond donors (Lipinski definition) is 1. The average Bonchev–Trinajstić information content (AvgIpc) is 2.76. The third kappa shape index (κ3) is 2.58. The Hall–Kier alpha value is -2.82. The summed E-state index contributed by atoms with van der Waals surface area (Å²) in [6, 6.07) is 16.9. The Balaban J connectivity index is 2.05. The van der Waals surface area contributed by atoms with Crippen LogP contribution in [-0.2, 0) is 6.54 Å². The van der Waals surface area contributed by atoms with E-state index >= 15 is 0 Å². The molecule has 0 unspecified atom stereocenters. The minimum absolute atomic E-state index is 0.258. The van der Waals surface area contributed by atoms with E-state index in [1.54, 1.807) is 6.07 Å². The standard InChI is InChI=1S/C16H15N3O2/c1-12-6-5-9-14(10-12)19-16(21)18(15(20)17-19)11-13-7-3-2-4-8-13/h2-10H,11H2,1H3,(H,17,20). The van der Waals surface area contributed by atoms with E-state index in [1.807, 2.05) is 55.5 Å². The van der Waals surface area contributed by atoms with Gasteiger partial charge in [0.15, 0.2) is 0 Å². The monoisotopic (exact) mass is 281 g/mol. The zero-order chi connectivity index (χ0) is 14.8. The molecule has 2 aromatic carbocycles. The number of nitrogens with zero attached hydrogens (tertiary/aromatic N) is 2. The fourth-order valence-corrected chi connectivity index (χ4v) is 2.26. The summed E-state index contributed by atoms with van der Waals surface area (Å²) in [6.07, 6.45) is 0. The molecule has 3 rings (SSSR count). The Morgan fingerprint density at radius 3 is 2.48 bits per heavy atom. The fourth-order valence-electron chi connectivity index (χ4n) is 2.26. The van der Waals surface area contributed by atoms with Gasteiger partial charge in [-0.05, 0) is 30.2 Å². The number of nitrogens with one attached hydrogen (secondary N) is 1. The van der Waals surface area contributed by atoms with Crippen LogP contribution in [0.4, 0.5) is 0 Å². The lowest BCUT2D eigenvalue weighted by Crippen LogP contribution is -2.28. The van der Waals surface area contributed by atoms with Crippen molar-refractivity contribution >= 4 is 0 Å². The lowest BCUT2D eigenvalue weighted by Gasteiger charge is -2.02. The van der Waals surface area contributed by atoms with Crippen LogP contribution in [0.1, 0.15) is 11.1 Å². The molecule has 0 aliphatic rings. The second-order valence-corrected chi connectivity index (χ2v) is 4.95. The molecule has 106 valence electrons. The number of H-pyrrole nitrogens is 1. The molecule has 1 aromatic heterocycles. The summed E-state index contributed by atoms with van der Waals surface area (Å²) in [5, 5.41) is 2.59. The lowest BCUT2D eigenvalue weighted by atomic mass is 10.2. The SMILES string of the molecule is Cc1cccc(-n2[nH]c(=O)n(Cc3ccccc3)c2=O)c1. The van der Waals surface area contributed by atoms with Crippen LogP contribution in [-0.4, -0.2) is 14.3 Å². The molecular formula is C16H15N3O2. The van der Waals surface area contributed by atoms with Gasteiger partial charge in [-0.15, -0.1) is 0 Å². The normalized spacial score (nSPS) is 10.7. The molecule has 0 aliphatic heterocycles. The van der Waals surface area contributed by atoms with Crippen molar-refractivity contribution in [3.63, 3.8) is 0 Å². The molecule has 0 aliphatic carbocycles. The van der Waals surface area contributed by atoms with Gasteiger partial charge in [-0.3, -0.25) is 0 Å². The van der Waals surface area contributed by atoms with E-state index < -0.39 is 5.69 Å². The van der Waals surface area contributed by atoms with Gasteiger partial charge in [0.1, 0.15) is 0 Å². The first-order valence-electron chi connectivity index (χ1n) is 6.68. The predicted molar refractivity (Wildman–Crippen MR) is 80.9 cm³/mol. The molecular weight excluding hydrogens is 266 g/mol. The molecule has 5 nitrogen and oxygen atoms in total. The molecule has 3 aromatic rings. The predicted octanol–water partition coefficient (Wildman–Crippen LogP) is 1.68. The Morgan fingerprint density at radius 1 is 1.00 bits per heavy atom. The van der Waals surface area contributed by atoms with Crippen LogP contribution in [0, 0.1) is 6.92 Å². The largest absolute Gasteiger partial charge is 0.352 e. The molecule has 0 fully saturated rings. The van der Waals surface area contributed by atoms with Gasteiger partial charge in [-0.1, -0.05) is 42.5 Å². The van der Waals surface area contributed by atoms with Crippen LogP contribution in [0.15, 0.2) is 64.2 Å². The van der Waals surface area contributed by atoms with Crippen molar-refractivity contribution in [3.05, 3.63) is 86.7 Å². The molecule has 0 saturated heterocycles. The van der Waals surface area contributed by atoms with Crippen molar-refractivity contribution < 1.29 is 0 Å². The molecule has 0 saturated carbocycles. The van der Waals surface area contributed by atoms with Crippen LogP contribution >= 0.6 is 0 Å². The minimum Gasteiger partial charge on any atom is -0.246 e. The highest BCUT2D eigenvalue weighted by atomic mass is 16.2. The summed E-state index contributed by atoms with van der Waals surface area (Å²) in [7, 11) is 0. The van der Waals surface area contributed by atoms with Crippen molar-refractivity contribution in [1.82, 2.24) is 14.3 Å². The number of aromatic nitrogens is 3. The summed E-state index contributed by atoms with van der Waals surface area (Å²) >= 11 is 0. The van der Waals surface area contributed by atoms with E-state index in [1.165, 1.54) is 9.25 Å². The molecule has 0 atom stereocenters. The van der Waals surface area contributed by atoms with E-state index in [4.69, 9.17) is 0 Å². The molecule has 1 N–H and O–H groups in total. The van der Waals surface area contributed by atoms with Gasteiger partial charge in [-0.25, -0.2) is 23.9 Å². The first kappa shape index (κ1) is 13.2. The summed E-state index contributed by atoms with van der Waals surface area (Å²) < 4.78 is 2.47. The topological polar surface area (TPSA) is 59.8 Å². The van der Waals surface area contributed by atoms with Crippen molar-refractivity contribution in [2.45, 2.75) is 13.5 Å². The molecule has 0 amide bonds. The number of aromatic amines is 1. The summed E-state index contributed by atoms with van der Waals surface area (Å²) in [5.74, 6) is 0. The quantitative estimate of drug-likeness (QED) is 0.794. The number of benzene rings is 2. The second-order valence-electron chi connectivity index (χ2n) is 4.95. The minimum atomic E-state index is -0.412. The van der Waals surface area contributed by atoms with Gasteiger partial charge in [0.05, 0.1) is 12.2 Å². The Morgan fingerprint density at radius 2 is 1.76 bits per heavy atom. The van der Waals surface area contributed by atoms with E-state index in [0.717, 1.165) is 11.1 Å². The Labute approximate surface area is 121 Å². The van der Waals surface area contributed by atoms with Crippen molar-refractivity contribution in [1.29, 1.82) is 0 Å². The molecule has 0 bridgehead atoms. The van der Waals surface area contributed by atoms with Crippen LogP contribution in [0.2, 0.25) is 0 Å². The second kappa shape index (κ2) is 5.28. The molecule has 21 heavy (non-hydrogen) atoms. The highest BCUT2D eigenvalue weighted by Crippen LogP contribution is 2.06. The average molecular weight is 281 g/mol. The summed E-state index contributed by atoms with van der Waals surface area (Å²) in [5.41, 5.74) is 1.81. The highest BCUT2D eigenvalue weighted by molar-refractivity contribution is 5.33. The van der Waals surface area contributed by atoms with Crippen molar-refractivity contribution in [2.75, 3.05) is 0 Å². The van der Waals surface area contributed by atoms with Gasteiger partial charge in [0.2, 0.25) is 0 Å². The van der Waals surface area contributed by atoms with Crippen LogP contribution < -0.4 is 11.4 Å². The Bertz CT molecular complexity index is 872. The highest BCUT2D eigenvalue weighted by Gasteiger charge is 2.10. The molecule has 0 radical (unpaired) electrons. The maximum absolute atomic E-state index is 12.4. The molecule has 0 spiro atoms. The zero-order valence-corrected chi connectivity index (χ0v) is 11.6. The number of aryl methyl sites for hydroxylation is 1. The van der Waals surface area contributed by atoms with E-state index in [-0.39, 0.29) is 12.2 Å². The van der Waals surface area contributed by atoms with Crippen molar-refractivity contribution in [3.8, 4) is 5.69 Å². The lowest BCUT2D eigenvalue weighted by molar-refractivity contribution is 0.723. The van der Waals surface area contributed by atoms with Gasteiger partial charge in [0.25, 0.3) is 0 Å². The zero-order valence-electron chi connectivity index (χ0n) is 11.6. The van der Waals surface area contributed by atoms with Gasteiger partial charge >= 0.3 is 11.4 Å². The number of hydrogen-bond acceptors (Lipinski definition) is 2. The first-order chi connectivity index (χ1) is 10.1. The van der Waals surface area contributed by atoms with Crippen LogP contribution in [0.5, 0.6) is 0 Å².